The molecule has 2 rings (SSSR count). The zero-order chi connectivity index (χ0) is 10.0. The largest absolute Gasteiger partial charge is 0.280 e. The third-order valence-electron chi connectivity index (χ3n) is 2.81. The molecule has 0 aromatic rings. The molecule has 2 aliphatic rings. The lowest BCUT2D eigenvalue weighted by Gasteiger charge is -2.38. The number of rotatable bonds is 2. The first-order valence-electron chi connectivity index (χ1n) is 5.17. The zero-order valence-electron chi connectivity index (χ0n) is 8.14. The first-order valence-corrected chi connectivity index (χ1v) is 7.97. The van der Waals surface area contributed by atoms with Crippen molar-refractivity contribution in [2.45, 2.75) is 28.4 Å². The van der Waals surface area contributed by atoms with Crippen LogP contribution in [0.25, 0.3) is 0 Å². The van der Waals surface area contributed by atoms with Crippen molar-refractivity contribution in [3.63, 3.8) is 0 Å². The quantitative estimate of drug-likeness (QED) is 0.612. The van der Waals surface area contributed by atoms with E-state index in [0.29, 0.717) is 5.25 Å². The molecular weight excluding hydrogens is 328 g/mol. The number of hydrogen-bond donors (Lipinski definition) is 1. The number of hydrogen-bond acceptors (Lipinski definition) is 3. The van der Waals surface area contributed by atoms with E-state index >= 15 is 0 Å². The number of thioether (sulfide) groups is 1. The molecule has 0 radical (unpaired) electrons. The molecule has 2 fully saturated rings. The molecule has 1 N–H and O–H groups in total. The highest BCUT2D eigenvalue weighted by atomic mass is 79.9. The van der Waals surface area contributed by atoms with Crippen LogP contribution in [0.4, 0.5) is 0 Å². The van der Waals surface area contributed by atoms with E-state index in [1.54, 1.807) is 0 Å². The summed E-state index contributed by atoms with van der Waals surface area (Å²) in [5, 5.41) is 5.35. The Morgan fingerprint density at radius 1 is 1.36 bits per heavy atom. The highest BCUT2D eigenvalue weighted by Crippen LogP contribution is 2.42. The van der Waals surface area contributed by atoms with Crippen LogP contribution in [0.5, 0.6) is 0 Å². The molecule has 2 saturated heterocycles. The van der Waals surface area contributed by atoms with Crippen molar-refractivity contribution in [2.24, 2.45) is 0 Å². The molecule has 82 valence electrons. The van der Waals surface area contributed by atoms with Gasteiger partial charge in [-0.15, -0.1) is 11.8 Å². The Morgan fingerprint density at radius 3 is 2.64 bits per heavy atom. The lowest BCUT2D eigenvalue weighted by Crippen LogP contribution is -2.50. The van der Waals surface area contributed by atoms with Crippen LogP contribution in [0, 0.1) is 0 Å². The van der Waals surface area contributed by atoms with E-state index in [1.165, 1.54) is 32.4 Å². The summed E-state index contributed by atoms with van der Waals surface area (Å²) in [6, 6.07) is 0. The van der Waals surface area contributed by atoms with Gasteiger partial charge in [-0.1, -0.05) is 22.4 Å². The third kappa shape index (κ3) is 2.48. The molecule has 0 saturated carbocycles. The van der Waals surface area contributed by atoms with Gasteiger partial charge in [-0.05, 0) is 28.8 Å². The van der Waals surface area contributed by atoms with Crippen molar-refractivity contribution >= 4 is 43.6 Å². The third-order valence-corrected chi connectivity index (χ3v) is 6.74. The predicted octanol–water partition coefficient (Wildman–Crippen LogP) is 2.58. The van der Waals surface area contributed by atoms with Crippen LogP contribution in [-0.4, -0.2) is 39.0 Å². The first-order chi connectivity index (χ1) is 6.74. The van der Waals surface area contributed by atoms with Crippen molar-refractivity contribution in [2.75, 3.05) is 25.0 Å². The zero-order valence-corrected chi connectivity index (χ0v) is 12.1. The van der Waals surface area contributed by atoms with Gasteiger partial charge in [-0.25, -0.2) is 0 Å². The molecule has 2 atom stereocenters. The summed E-state index contributed by atoms with van der Waals surface area (Å²) in [6.07, 6.45) is 4.08. The summed E-state index contributed by atoms with van der Waals surface area (Å²) >= 11 is 9.40. The Hall–Kier alpha value is 1.23. The summed E-state index contributed by atoms with van der Waals surface area (Å²) in [4.78, 5) is 2.53. The monoisotopic (exact) mass is 342 g/mol. The molecule has 0 spiro atoms. The number of halogens is 2. The van der Waals surface area contributed by atoms with Crippen LogP contribution >= 0.6 is 43.6 Å². The average Bonchev–Trinajstić information content (AvgIpc) is 2.63. The van der Waals surface area contributed by atoms with Crippen LogP contribution in [-0.2, 0) is 0 Å². The van der Waals surface area contributed by atoms with Crippen LogP contribution in [0.3, 0.4) is 0 Å². The van der Waals surface area contributed by atoms with E-state index in [0.717, 1.165) is 11.9 Å². The number of nitrogens with one attached hydrogen (secondary N) is 1. The minimum atomic E-state index is 0.0197. The fraction of sp³-hybridized carbons (Fsp3) is 1.00. The summed E-state index contributed by atoms with van der Waals surface area (Å²) in [5.41, 5.74) is 0. The molecule has 2 heterocycles. The second-order valence-electron chi connectivity index (χ2n) is 3.88. The van der Waals surface area contributed by atoms with Gasteiger partial charge in [0.2, 0.25) is 0 Å². The van der Waals surface area contributed by atoms with Crippen molar-refractivity contribution in [3.8, 4) is 0 Å². The lowest BCUT2D eigenvalue weighted by molar-refractivity contribution is 0.182. The Labute approximate surface area is 107 Å². The van der Waals surface area contributed by atoms with Crippen LogP contribution in [0.15, 0.2) is 0 Å². The van der Waals surface area contributed by atoms with Gasteiger partial charge in [0, 0.05) is 30.2 Å². The van der Waals surface area contributed by atoms with Gasteiger partial charge in [0.1, 0.15) is 0 Å². The van der Waals surface area contributed by atoms with Crippen LogP contribution in [0.2, 0.25) is 0 Å². The smallest absolute Gasteiger partial charge is 0.177 e. The van der Waals surface area contributed by atoms with Crippen LogP contribution < -0.4 is 5.32 Å². The van der Waals surface area contributed by atoms with E-state index in [-0.39, 0.29) is 3.90 Å². The van der Waals surface area contributed by atoms with E-state index in [2.05, 4.69) is 42.1 Å². The standard InChI is InChI=1S/C9H16Br2N2S/c10-6-8-7-12-9(11,14-8)13-4-2-1-3-5-13/h8,12H,1-7H2/t8-,9-/m0/s1. The fourth-order valence-corrected chi connectivity index (χ4v) is 5.10. The molecule has 0 aliphatic carbocycles. The average molecular weight is 344 g/mol. The molecule has 0 amide bonds. The number of nitrogens with zero attached hydrogens (tertiary/aromatic N) is 1. The molecular formula is C9H16Br2N2S. The maximum atomic E-state index is 3.85. The molecule has 0 aromatic heterocycles. The van der Waals surface area contributed by atoms with Crippen molar-refractivity contribution in [1.29, 1.82) is 0 Å². The Kier molecular flexibility index (Phi) is 4.21. The molecule has 2 aliphatic heterocycles. The second kappa shape index (κ2) is 5.04. The van der Waals surface area contributed by atoms with Gasteiger partial charge in [0.05, 0.1) is 0 Å². The minimum absolute atomic E-state index is 0.0197. The molecule has 0 unspecified atom stereocenters. The Bertz CT molecular complexity index is 199. The van der Waals surface area contributed by atoms with Crippen molar-refractivity contribution in [3.05, 3.63) is 0 Å². The maximum Gasteiger partial charge on any atom is 0.177 e. The highest BCUT2D eigenvalue weighted by Gasteiger charge is 2.42. The minimum Gasteiger partial charge on any atom is -0.280 e. The number of alkyl halides is 2. The predicted molar refractivity (Wildman–Crippen MR) is 70.3 cm³/mol. The van der Waals surface area contributed by atoms with Gasteiger partial charge >= 0.3 is 0 Å². The second-order valence-corrected chi connectivity index (χ2v) is 7.70. The van der Waals surface area contributed by atoms with E-state index < -0.39 is 0 Å². The molecule has 14 heavy (non-hydrogen) atoms. The maximum absolute atomic E-state index is 3.85. The van der Waals surface area contributed by atoms with E-state index in [1.807, 2.05) is 11.8 Å². The number of piperidine rings is 1. The van der Waals surface area contributed by atoms with E-state index in [9.17, 15) is 0 Å². The number of likely N-dealkylation sites (tertiary alicyclic amines) is 1. The van der Waals surface area contributed by atoms with Gasteiger partial charge in [0.25, 0.3) is 0 Å². The normalized spacial score (nSPS) is 40.3. The first kappa shape index (κ1) is 11.7. The van der Waals surface area contributed by atoms with Crippen LogP contribution in [0.1, 0.15) is 19.3 Å². The van der Waals surface area contributed by atoms with Gasteiger partial charge in [-0.2, -0.15) is 0 Å². The Balaban J connectivity index is 1.94. The van der Waals surface area contributed by atoms with Crippen molar-refractivity contribution < 1.29 is 0 Å². The summed E-state index contributed by atoms with van der Waals surface area (Å²) in [5.74, 6) is 0. The van der Waals surface area contributed by atoms with Gasteiger partial charge in [0.15, 0.2) is 3.90 Å². The molecule has 0 bridgehead atoms. The fourth-order valence-electron chi connectivity index (χ4n) is 2.00. The summed E-state index contributed by atoms with van der Waals surface area (Å²) in [6.45, 7) is 3.54. The van der Waals surface area contributed by atoms with Gasteiger partial charge < -0.3 is 0 Å². The molecule has 5 heteroatoms. The molecule has 2 nitrogen and oxygen atoms in total. The van der Waals surface area contributed by atoms with Crippen molar-refractivity contribution in [1.82, 2.24) is 10.2 Å². The topological polar surface area (TPSA) is 15.3 Å². The van der Waals surface area contributed by atoms with Gasteiger partial charge in [-0.3, -0.25) is 10.2 Å². The highest BCUT2D eigenvalue weighted by molar-refractivity contribution is 9.12. The lowest BCUT2D eigenvalue weighted by atomic mass is 10.1. The Morgan fingerprint density at radius 2 is 2.07 bits per heavy atom. The van der Waals surface area contributed by atoms with E-state index in [4.69, 9.17) is 0 Å². The SMILES string of the molecule is BrC[C@H]1CN[C@@](Br)(N2CCCCC2)S1. The summed E-state index contributed by atoms with van der Waals surface area (Å²) < 4.78 is 0.0197. The summed E-state index contributed by atoms with van der Waals surface area (Å²) in [7, 11) is 0. The molecule has 0 aromatic carbocycles.